The van der Waals surface area contributed by atoms with E-state index in [-0.39, 0.29) is 37.1 Å². The number of β-amino-alcohol motifs (C(OH)–C–C–N with tert-alkyl or cyclic N) is 2. The van der Waals surface area contributed by atoms with Crippen LogP contribution in [0.3, 0.4) is 0 Å². The quantitative estimate of drug-likeness (QED) is 0.0217. The molecule has 6 rings (SSSR count). The molecule has 0 spiro atoms. The standard InChI is InChI=1S/C37H58N8O20S.C36H56N8O20S.C2H6/c1-13-11-45(37(61)26(21(49)10-24(38)51)42-32(56)14(2)29(53)30(54)16-5-6-20(48)23(7-16)65-66(62,63)64)27(28(13)52)35(59)43-34(58)22(50)9-18(40-4)33(57)41-25(15(3)46)36(60)44-12-17(47)8-19(44)31(39)55;1-12-10-44(36(60)25(20(48)9-23(38)50)41-31(55)13(2)28(52)29(53)15-4-5-19(47)22(6-15)64-65(61,62)63)26(27(12)51)34(58)42-33(57)21(49)8-17(37)32(56)40-24(14(3)45)35(59)43-11-16(46)7-18(43)30(39)54;1-2/h5-7,13-15,17-19,21-22,25-30,34,40,46-50,52-54,58H,8-12H2,1-4H3,(H2,38,51)(H2,39,55)(H,41,57)(H,42,56)(H,43,59)(H,62,63,64);4-6,12-14,16-18,20-21,24-29,33,45-49,51-53,57H,7-11,37H2,1-3H3,(H2,38,50)(H2,39,54)(H,40,56)(H,41,55)(H,42,58)(H,61,62,63);1-2H3. The number of likely N-dealkylation sites (N-methyl/N-ethyl adjacent to an activating group) is 1. The first kappa shape index (κ1) is 115. The van der Waals surface area contributed by atoms with Gasteiger partial charge in [0.05, 0.1) is 97.8 Å². The highest BCUT2D eigenvalue weighted by Crippen LogP contribution is 2.36. The number of carbonyl (C=O) groups is 14. The van der Waals surface area contributed by atoms with Gasteiger partial charge in [-0.3, -0.25) is 76.2 Å². The molecule has 2 aromatic carbocycles. The minimum absolute atomic E-state index is 0.181. The van der Waals surface area contributed by atoms with Crippen LogP contribution >= 0.6 is 0 Å². The van der Waals surface area contributed by atoms with E-state index < -0.39 is 347 Å². The maximum absolute atomic E-state index is 14.1. The number of phenols is 2. The molecule has 133 heavy (non-hydrogen) atoms. The second-order valence-corrected chi connectivity index (χ2v) is 34.2. The third-order valence-corrected chi connectivity index (χ3v) is 22.8. The predicted molar refractivity (Wildman–Crippen MR) is 445 cm³/mol. The van der Waals surface area contributed by atoms with E-state index in [4.69, 9.17) is 37.8 Å². The molecule has 30 unspecified atom stereocenters. The number of amides is 14. The number of nitrogens with one attached hydrogen (secondary N) is 7. The van der Waals surface area contributed by atoms with Crippen molar-refractivity contribution in [2.24, 2.45) is 52.3 Å². The van der Waals surface area contributed by atoms with Crippen molar-refractivity contribution in [1.29, 1.82) is 0 Å². The van der Waals surface area contributed by atoms with E-state index in [0.29, 0.717) is 21.9 Å². The van der Waals surface area contributed by atoms with Crippen LogP contribution in [-0.2, 0) is 87.9 Å². The number of aliphatic hydroxyl groups is 16. The van der Waals surface area contributed by atoms with Gasteiger partial charge in [-0.15, -0.1) is 0 Å². The van der Waals surface area contributed by atoms with Gasteiger partial charge < -0.3 is 186 Å². The Morgan fingerprint density at radius 2 is 0.767 bits per heavy atom. The van der Waals surface area contributed by atoms with Gasteiger partial charge in [-0.05, 0) is 56.3 Å². The van der Waals surface area contributed by atoms with Crippen LogP contribution in [0.4, 0.5) is 0 Å². The number of hydrogen-bond donors (Lipinski definition) is 32. The minimum atomic E-state index is -5.16. The monoisotopic (exact) mass is 1950 g/mol. The minimum Gasteiger partial charge on any atom is -0.504 e. The second kappa shape index (κ2) is 49.5. The highest BCUT2D eigenvalue weighted by Gasteiger charge is 2.53. The zero-order valence-corrected chi connectivity index (χ0v) is 74.6. The summed E-state index contributed by atoms with van der Waals surface area (Å²) in [6.07, 6.45) is -33.7. The van der Waals surface area contributed by atoms with Crippen LogP contribution in [0.5, 0.6) is 23.0 Å². The Morgan fingerprint density at radius 3 is 1.08 bits per heavy atom. The largest absolute Gasteiger partial charge is 0.504 e. The Bertz CT molecular complexity index is 4680. The van der Waals surface area contributed by atoms with Gasteiger partial charge >= 0.3 is 20.8 Å². The lowest BCUT2D eigenvalue weighted by Gasteiger charge is -2.33. The van der Waals surface area contributed by atoms with Crippen LogP contribution in [-0.4, -0.2) is 400 Å². The molecule has 4 fully saturated rings. The lowest BCUT2D eigenvalue weighted by Crippen LogP contribution is -2.61. The van der Waals surface area contributed by atoms with E-state index >= 15 is 0 Å². The van der Waals surface area contributed by atoms with Crippen molar-refractivity contribution >= 4 is 103 Å². The first-order valence-corrected chi connectivity index (χ1v) is 43.7. The number of hydrogen-bond acceptors (Lipinski definition) is 40. The zero-order valence-electron chi connectivity index (χ0n) is 73.0. The van der Waals surface area contributed by atoms with Crippen LogP contribution in [0.1, 0.15) is 117 Å². The van der Waals surface area contributed by atoms with Crippen LogP contribution in [0.15, 0.2) is 36.4 Å². The fourth-order valence-electron chi connectivity index (χ4n) is 14.5. The number of primary amides is 4. The summed E-state index contributed by atoms with van der Waals surface area (Å²) in [6, 6.07) is -12.1. The lowest BCUT2D eigenvalue weighted by atomic mass is 9.93. The molecule has 14 amide bonds. The number of rotatable bonds is 43. The van der Waals surface area contributed by atoms with Crippen LogP contribution < -0.4 is 74.3 Å². The Morgan fingerprint density at radius 1 is 0.451 bits per heavy atom. The molecule has 2 aromatic rings. The molecule has 4 heterocycles. The molecule has 0 bridgehead atoms. The van der Waals surface area contributed by atoms with E-state index in [9.17, 15) is 176 Å². The normalized spacial score (nSPS) is 24.1. The van der Waals surface area contributed by atoms with Crippen molar-refractivity contribution in [2.75, 3.05) is 33.2 Å². The van der Waals surface area contributed by atoms with Crippen LogP contribution in [0.25, 0.3) is 0 Å². The van der Waals surface area contributed by atoms with Gasteiger partial charge in [0.2, 0.25) is 82.7 Å². The molecule has 30 atom stereocenters. The molecule has 37 N–H and O–H groups in total. The first-order chi connectivity index (χ1) is 61.5. The molecule has 4 aliphatic rings. The zero-order chi connectivity index (χ0) is 102. The number of benzene rings is 2. The van der Waals surface area contributed by atoms with Gasteiger partial charge in [-0.2, -0.15) is 16.8 Å². The van der Waals surface area contributed by atoms with Crippen molar-refractivity contribution in [3.8, 4) is 23.0 Å². The Hall–Kier alpha value is -10.7. The fourth-order valence-corrected chi connectivity index (χ4v) is 15.3. The third kappa shape index (κ3) is 31.2. The summed E-state index contributed by atoms with van der Waals surface area (Å²) in [5.74, 6) is -24.7. The fraction of sp³-hybridized carbons (Fsp3) is 0.653. The molecular formula is C75H120N16O40S2. The predicted octanol–water partition coefficient (Wildman–Crippen LogP) is -16.0. The highest BCUT2D eigenvalue weighted by atomic mass is 32.3. The number of nitrogens with two attached hydrogens (primary N) is 5. The van der Waals surface area contributed by atoms with Gasteiger partial charge in [0, 0.05) is 63.7 Å². The molecule has 0 aromatic heterocycles. The number of aromatic hydroxyl groups is 2. The maximum Gasteiger partial charge on any atom is 0.446 e. The van der Waals surface area contributed by atoms with E-state index in [1.165, 1.54) is 20.9 Å². The Balaban J connectivity index is 0.000000546. The molecular weight excluding hydrogens is 1830 g/mol. The molecule has 0 radical (unpaired) electrons. The maximum atomic E-state index is 14.1. The molecule has 56 nitrogen and oxygen atoms in total. The van der Waals surface area contributed by atoms with E-state index in [2.05, 4.69) is 35.0 Å². The second-order valence-electron chi connectivity index (χ2n) is 32.2. The van der Waals surface area contributed by atoms with Gasteiger partial charge in [-0.25, -0.2) is 0 Å². The number of nitrogens with zero attached hydrogens (tertiary/aromatic N) is 4. The summed E-state index contributed by atoms with van der Waals surface area (Å²) in [6.45, 7) is 9.57. The smallest absolute Gasteiger partial charge is 0.446 e. The van der Waals surface area contributed by atoms with Crippen molar-refractivity contribution in [2.45, 2.75) is 252 Å². The number of aliphatic hydroxyl groups excluding tert-OH is 16. The van der Waals surface area contributed by atoms with Gasteiger partial charge in [0.15, 0.2) is 35.5 Å². The summed E-state index contributed by atoms with van der Waals surface area (Å²) >= 11 is 0. The van der Waals surface area contributed by atoms with Crippen molar-refractivity contribution in [3.05, 3.63) is 47.5 Å². The SMILES string of the molecule is CC.CC(O)C(NC(=O)C(N)CC(O)C(O)NC(=O)C1C(O)C(C)CN1C(=O)C(NC(=O)C(C)C(O)C(O)c1ccc(O)c(OS(=O)(=O)O)c1)C(O)CC(N)=O)C(=O)N1CC(O)CC1C(N)=O.CNC(CC(O)C(O)NC(=O)C1C(O)C(C)CN1C(=O)C(NC(=O)C(C)C(O)C(O)c1ccc(O)c(OS(=O)(=O)O)c1)C(O)CC(N)=O)C(=O)NC(C(=O)N1CC(O)CC1C(N)=O)C(C)O. The average molecular weight is 1950 g/mol. The Labute approximate surface area is 759 Å². The molecule has 4 saturated heterocycles. The van der Waals surface area contributed by atoms with Crippen LogP contribution in [0.2, 0.25) is 0 Å². The molecule has 58 heteroatoms. The Kier molecular flexibility index (Phi) is 42.7. The third-order valence-electron chi connectivity index (χ3n) is 22.0. The molecule has 0 aliphatic carbocycles. The molecule has 752 valence electrons. The summed E-state index contributed by atoms with van der Waals surface area (Å²) in [5, 5.41) is 206. The van der Waals surface area contributed by atoms with Crippen molar-refractivity contribution in [1.82, 2.24) is 56.8 Å². The summed E-state index contributed by atoms with van der Waals surface area (Å²) in [7, 11) is -9.06. The van der Waals surface area contributed by atoms with E-state index in [0.717, 1.165) is 61.8 Å². The lowest BCUT2D eigenvalue weighted by molar-refractivity contribution is -0.149. The number of phenolic OH excluding ortho intramolecular Hbond substituents is 2. The van der Waals surface area contributed by atoms with Gasteiger partial charge in [0.25, 0.3) is 0 Å². The summed E-state index contributed by atoms with van der Waals surface area (Å²) < 4.78 is 71.0. The first-order valence-electron chi connectivity index (χ1n) is 41.0. The van der Waals surface area contributed by atoms with Gasteiger partial charge in [-0.1, -0.05) is 53.7 Å². The summed E-state index contributed by atoms with van der Waals surface area (Å²) in [4.78, 5) is 185. The summed E-state index contributed by atoms with van der Waals surface area (Å²) in [5.41, 5.74) is 26.3. The van der Waals surface area contributed by atoms with Crippen molar-refractivity contribution in [3.63, 3.8) is 0 Å². The number of likely N-dealkylation sites (tertiary alicyclic amines) is 4. The number of carbonyl (C=O) groups excluding carboxylic acids is 14. The van der Waals surface area contributed by atoms with Crippen molar-refractivity contribution < 1.29 is 193 Å². The molecule has 4 aliphatic heterocycles. The topological polar surface area (TPSA) is 958 Å². The van der Waals surface area contributed by atoms with E-state index in [1.54, 1.807) is 0 Å². The molecule has 0 saturated carbocycles. The highest BCUT2D eigenvalue weighted by molar-refractivity contribution is 7.81. The average Bonchev–Trinajstić information content (AvgIpc) is 1.66. The van der Waals surface area contributed by atoms with E-state index in [1.807, 2.05) is 24.5 Å². The van der Waals surface area contributed by atoms with Gasteiger partial charge in [0.1, 0.15) is 72.8 Å². The van der Waals surface area contributed by atoms with Crippen LogP contribution in [0, 0.1) is 23.7 Å².